The number of hydrogen-bond donors (Lipinski definition) is 1. The molecule has 1 unspecified atom stereocenters. The molecule has 4 heteroatoms. The molecular weight excluding hydrogens is 259 g/mol. The summed E-state index contributed by atoms with van der Waals surface area (Å²) >= 11 is 1.64. The highest BCUT2D eigenvalue weighted by Gasteiger charge is 2.16. The van der Waals surface area contributed by atoms with E-state index in [0.717, 1.165) is 29.2 Å². The minimum Gasteiger partial charge on any atom is -0.308 e. The summed E-state index contributed by atoms with van der Waals surface area (Å²) in [6.07, 6.45) is 1.69. The maximum Gasteiger partial charge on any atom is 0.126 e. The highest BCUT2D eigenvalue weighted by molar-refractivity contribution is 7.09. The fraction of sp³-hybridized carbons (Fsp3) is 0.400. The molecule has 0 aliphatic rings. The molecule has 1 heterocycles. The van der Waals surface area contributed by atoms with Gasteiger partial charge in [0.05, 0.1) is 16.7 Å². The maximum atomic E-state index is 13.7. The van der Waals surface area contributed by atoms with Crippen molar-refractivity contribution in [1.82, 2.24) is 10.3 Å². The van der Waals surface area contributed by atoms with Gasteiger partial charge < -0.3 is 5.32 Å². The van der Waals surface area contributed by atoms with Crippen LogP contribution in [-0.4, -0.2) is 11.5 Å². The number of benzene rings is 1. The number of nitrogens with one attached hydrogen (secondary N) is 1. The van der Waals surface area contributed by atoms with Crippen LogP contribution in [0.4, 0.5) is 4.39 Å². The normalized spacial score (nSPS) is 12.6. The second kappa shape index (κ2) is 6.78. The average molecular weight is 278 g/mol. The molecule has 2 aromatic rings. The molecule has 1 atom stereocenters. The van der Waals surface area contributed by atoms with E-state index in [1.54, 1.807) is 17.4 Å². The summed E-state index contributed by atoms with van der Waals surface area (Å²) in [7, 11) is 0. The van der Waals surface area contributed by atoms with Crippen LogP contribution >= 0.6 is 11.3 Å². The topological polar surface area (TPSA) is 24.9 Å². The number of aromatic nitrogens is 1. The van der Waals surface area contributed by atoms with Crippen molar-refractivity contribution in [2.45, 2.75) is 32.7 Å². The molecule has 0 spiro atoms. The van der Waals surface area contributed by atoms with Crippen molar-refractivity contribution in [3.8, 4) is 0 Å². The quantitative estimate of drug-likeness (QED) is 0.867. The SMILES string of the molecule is CCCNC(Cc1ccccc1F)c1csc(C)n1. The van der Waals surface area contributed by atoms with Crippen LogP contribution in [-0.2, 0) is 6.42 Å². The van der Waals surface area contributed by atoms with E-state index in [-0.39, 0.29) is 11.9 Å². The van der Waals surface area contributed by atoms with Crippen molar-refractivity contribution in [2.75, 3.05) is 6.54 Å². The first-order valence-electron chi connectivity index (χ1n) is 6.59. The maximum absolute atomic E-state index is 13.7. The van der Waals surface area contributed by atoms with E-state index < -0.39 is 0 Å². The molecule has 102 valence electrons. The van der Waals surface area contributed by atoms with Gasteiger partial charge in [0.1, 0.15) is 5.82 Å². The Morgan fingerprint density at radius 3 is 2.79 bits per heavy atom. The van der Waals surface area contributed by atoms with E-state index in [2.05, 4.69) is 22.6 Å². The lowest BCUT2D eigenvalue weighted by Crippen LogP contribution is -2.24. The minimum atomic E-state index is -0.141. The Balaban J connectivity index is 2.16. The lowest BCUT2D eigenvalue weighted by Gasteiger charge is -2.17. The molecule has 0 bridgehead atoms. The van der Waals surface area contributed by atoms with E-state index in [0.29, 0.717) is 6.42 Å². The summed E-state index contributed by atoms with van der Waals surface area (Å²) in [6.45, 7) is 5.03. The first-order chi connectivity index (χ1) is 9.20. The summed E-state index contributed by atoms with van der Waals surface area (Å²) in [6, 6.07) is 7.04. The van der Waals surface area contributed by atoms with Gasteiger partial charge in [-0.2, -0.15) is 0 Å². The Hall–Kier alpha value is -1.26. The zero-order chi connectivity index (χ0) is 13.7. The van der Waals surface area contributed by atoms with E-state index in [1.165, 1.54) is 6.07 Å². The first kappa shape index (κ1) is 14.2. The van der Waals surface area contributed by atoms with Crippen LogP contribution in [0.3, 0.4) is 0 Å². The van der Waals surface area contributed by atoms with Gasteiger partial charge in [0.2, 0.25) is 0 Å². The number of rotatable bonds is 6. The fourth-order valence-corrected chi connectivity index (χ4v) is 2.69. The molecule has 0 aliphatic heterocycles. The molecule has 0 saturated carbocycles. The van der Waals surface area contributed by atoms with Gasteiger partial charge in [-0.05, 0) is 37.9 Å². The highest BCUT2D eigenvalue weighted by Crippen LogP contribution is 2.21. The standard InChI is InChI=1S/C15H19FN2S/c1-3-8-17-14(15-10-19-11(2)18-15)9-12-6-4-5-7-13(12)16/h4-7,10,14,17H,3,8-9H2,1-2H3. The predicted molar refractivity (Wildman–Crippen MR) is 78.0 cm³/mol. The van der Waals surface area contributed by atoms with Crippen molar-refractivity contribution in [3.63, 3.8) is 0 Å². The molecule has 2 rings (SSSR count). The number of halogens is 1. The van der Waals surface area contributed by atoms with Crippen LogP contribution in [0.5, 0.6) is 0 Å². The number of thiazole rings is 1. The summed E-state index contributed by atoms with van der Waals surface area (Å²) in [5.41, 5.74) is 1.75. The second-order valence-corrected chi connectivity index (χ2v) is 5.66. The van der Waals surface area contributed by atoms with Gasteiger partial charge in [0, 0.05) is 5.38 Å². The molecule has 0 radical (unpaired) electrons. The van der Waals surface area contributed by atoms with E-state index in [1.807, 2.05) is 19.1 Å². The summed E-state index contributed by atoms with van der Waals surface area (Å²) in [5.74, 6) is -0.141. The van der Waals surface area contributed by atoms with Crippen LogP contribution in [0.1, 0.15) is 35.7 Å². The third-order valence-electron chi connectivity index (χ3n) is 3.02. The molecular formula is C15H19FN2S. The Morgan fingerprint density at radius 1 is 1.37 bits per heavy atom. The van der Waals surface area contributed by atoms with Gasteiger partial charge >= 0.3 is 0 Å². The third-order valence-corrected chi connectivity index (χ3v) is 3.81. The number of nitrogens with zero attached hydrogens (tertiary/aromatic N) is 1. The molecule has 1 aromatic carbocycles. The predicted octanol–water partition coefficient (Wildman–Crippen LogP) is 3.87. The Morgan fingerprint density at radius 2 is 2.16 bits per heavy atom. The van der Waals surface area contributed by atoms with Crippen LogP contribution in [0.15, 0.2) is 29.6 Å². The fourth-order valence-electron chi connectivity index (χ4n) is 2.02. The molecule has 1 N–H and O–H groups in total. The minimum absolute atomic E-state index is 0.0850. The summed E-state index contributed by atoms with van der Waals surface area (Å²) in [4.78, 5) is 4.52. The van der Waals surface area contributed by atoms with Gasteiger partial charge in [0.15, 0.2) is 0 Å². The summed E-state index contributed by atoms with van der Waals surface area (Å²) in [5, 5.41) is 6.56. The van der Waals surface area contributed by atoms with Crippen molar-refractivity contribution in [2.24, 2.45) is 0 Å². The lowest BCUT2D eigenvalue weighted by atomic mass is 10.0. The second-order valence-electron chi connectivity index (χ2n) is 4.59. The smallest absolute Gasteiger partial charge is 0.126 e. The van der Waals surface area contributed by atoms with Gasteiger partial charge in [-0.15, -0.1) is 11.3 Å². The average Bonchev–Trinajstić information content (AvgIpc) is 2.83. The third kappa shape index (κ3) is 3.85. The molecule has 1 aromatic heterocycles. The van der Waals surface area contributed by atoms with Crippen LogP contribution in [0.2, 0.25) is 0 Å². The monoisotopic (exact) mass is 278 g/mol. The molecule has 2 nitrogen and oxygen atoms in total. The molecule has 0 saturated heterocycles. The van der Waals surface area contributed by atoms with E-state index in [4.69, 9.17) is 0 Å². The van der Waals surface area contributed by atoms with Crippen LogP contribution < -0.4 is 5.32 Å². The van der Waals surface area contributed by atoms with Gasteiger partial charge in [-0.25, -0.2) is 9.37 Å². The largest absolute Gasteiger partial charge is 0.308 e. The molecule has 0 fully saturated rings. The van der Waals surface area contributed by atoms with Crippen molar-refractivity contribution in [1.29, 1.82) is 0 Å². The van der Waals surface area contributed by atoms with Crippen molar-refractivity contribution >= 4 is 11.3 Å². The molecule has 0 amide bonds. The Labute approximate surface area is 117 Å². The molecule has 0 aliphatic carbocycles. The lowest BCUT2D eigenvalue weighted by molar-refractivity contribution is 0.505. The zero-order valence-corrected chi connectivity index (χ0v) is 12.1. The van der Waals surface area contributed by atoms with Gasteiger partial charge in [0.25, 0.3) is 0 Å². The van der Waals surface area contributed by atoms with E-state index >= 15 is 0 Å². The Bertz CT molecular complexity index is 524. The number of aryl methyl sites for hydroxylation is 1. The molecule has 19 heavy (non-hydrogen) atoms. The number of hydrogen-bond acceptors (Lipinski definition) is 3. The van der Waals surface area contributed by atoms with Crippen molar-refractivity contribution < 1.29 is 4.39 Å². The van der Waals surface area contributed by atoms with Crippen LogP contribution in [0, 0.1) is 12.7 Å². The Kier molecular flexibility index (Phi) is 5.05. The summed E-state index contributed by atoms with van der Waals surface area (Å²) < 4.78 is 13.7. The van der Waals surface area contributed by atoms with Crippen molar-refractivity contribution in [3.05, 3.63) is 51.7 Å². The highest BCUT2D eigenvalue weighted by atomic mass is 32.1. The van der Waals surface area contributed by atoms with Gasteiger partial charge in [-0.1, -0.05) is 25.1 Å². The first-order valence-corrected chi connectivity index (χ1v) is 7.47. The van der Waals surface area contributed by atoms with Crippen LogP contribution in [0.25, 0.3) is 0 Å². The van der Waals surface area contributed by atoms with E-state index in [9.17, 15) is 4.39 Å². The zero-order valence-electron chi connectivity index (χ0n) is 11.3. The van der Waals surface area contributed by atoms with Gasteiger partial charge in [-0.3, -0.25) is 0 Å².